The van der Waals surface area contributed by atoms with Crippen LogP contribution >= 0.6 is 0 Å². The molecule has 0 aliphatic heterocycles. The van der Waals surface area contributed by atoms with Crippen molar-refractivity contribution in [1.82, 2.24) is 0 Å². The summed E-state index contributed by atoms with van der Waals surface area (Å²) in [6.07, 6.45) is 8.68. The van der Waals surface area contributed by atoms with Gasteiger partial charge in [0.1, 0.15) is 0 Å². The second-order valence-electron chi connectivity index (χ2n) is 5.33. The molecule has 19 heavy (non-hydrogen) atoms. The molecule has 0 aromatic heterocycles. The Bertz CT molecular complexity index is 301. The first-order chi connectivity index (χ1) is 8.91. The van der Waals surface area contributed by atoms with Crippen molar-refractivity contribution < 1.29 is 18.1 Å². The molecule has 2 atom stereocenters. The number of aliphatic hydroxyl groups is 1. The lowest BCUT2D eigenvalue weighted by Gasteiger charge is -2.11. The van der Waals surface area contributed by atoms with Crippen LogP contribution in [0.5, 0.6) is 0 Å². The Morgan fingerprint density at radius 1 is 0.895 bits per heavy atom. The maximum atomic E-state index is 11.0. The highest BCUT2D eigenvalue weighted by Gasteiger charge is 2.19. The van der Waals surface area contributed by atoms with Gasteiger partial charge in [0, 0.05) is 0 Å². The first kappa shape index (κ1) is 18.9. The summed E-state index contributed by atoms with van der Waals surface area (Å²) in [6.45, 7) is 3.86. The van der Waals surface area contributed by atoms with Gasteiger partial charge in [-0.1, -0.05) is 52.4 Å². The van der Waals surface area contributed by atoms with Crippen LogP contribution in [0.4, 0.5) is 0 Å². The summed E-state index contributed by atoms with van der Waals surface area (Å²) in [5.74, 6) is 0. The van der Waals surface area contributed by atoms with Crippen molar-refractivity contribution in [2.75, 3.05) is 0 Å². The molecule has 0 aliphatic carbocycles. The van der Waals surface area contributed by atoms with Crippen LogP contribution < -0.4 is 0 Å². The van der Waals surface area contributed by atoms with E-state index in [1.165, 1.54) is 0 Å². The predicted molar refractivity (Wildman–Crippen MR) is 78.9 cm³/mol. The van der Waals surface area contributed by atoms with E-state index in [-0.39, 0.29) is 6.10 Å². The third-order valence-electron chi connectivity index (χ3n) is 3.56. The molecule has 2 N–H and O–H groups in total. The molecule has 4 nitrogen and oxygen atoms in total. The van der Waals surface area contributed by atoms with Crippen molar-refractivity contribution >= 4 is 10.1 Å². The van der Waals surface area contributed by atoms with Gasteiger partial charge in [0.05, 0.1) is 11.4 Å². The van der Waals surface area contributed by atoms with Gasteiger partial charge in [-0.15, -0.1) is 0 Å². The molecular formula is C14H30O4S. The van der Waals surface area contributed by atoms with Crippen LogP contribution in [0.15, 0.2) is 0 Å². The van der Waals surface area contributed by atoms with Crippen molar-refractivity contribution in [3.63, 3.8) is 0 Å². The van der Waals surface area contributed by atoms with E-state index in [2.05, 4.69) is 6.92 Å². The number of rotatable bonds is 12. The third kappa shape index (κ3) is 10.3. The number of hydrogen-bond acceptors (Lipinski definition) is 3. The molecule has 0 aliphatic rings. The van der Waals surface area contributed by atoms with E-state index < -0.39 is 15.4 Å². The van der Waals surface area contributed by atoms with Crippen LogP contribution in [0.2, 0.25) is 0 Å². The van der Waals surface area contributed by atoms with Gasteiger partial charge in [0.15, 0.2) is 0 Å². The molecule has 0 saturated carbocycles. The van der Waals surface area contributed by atoms with E-state index in [1.807, 2.05) is 0 Å². The van der Waals surface area contributed by atoms with Gasteiger partial charge in [-0.2, -0.15) is 8.42 Å². The molecule has 0 spiro atoms. The Hall–Kier alpha value is -0.130. The highest BCUT2D eigenvalue weighted by Crippen LogP contribution is 2.15. The fraction of sp³-hybridized carbons (Fsp3) is 1.00. The highest BCUT2D eigenvalue weighted by molar-refractivity contribution is 7.86. The fourth-order valence-electron chi connectivity index (χ4n) is 2.32. The van der Waals surface area contributed by atoms with Gasteiger partial charge in [-0.05, 0) is 25.7 Å². The molecule has 0 radical (unpaired) electrons. The lowest BCUT2D eigenvalue weighted by molar-refractivity contribution is 0.150. The molecule has 0 amide bonds. The van der Waals surface area contributed by atoms with Gasteiger partial charge in [0.2, 0.25) is 0 Å². The topological polar surface area (TPSA) is 74.6 Å². The predicted octanol–water partition coefficient (Wildman–Crippen LogP) is 3.54. The van der Waals surface area contributed by atoms with E-state index in [9.17, 15) is 13.5 Å². The Morgan fingerprint density at radius 2 is 1.42 bits per heavy atom. The lowest BCUT2D eigenvalue weighted by Crippen LogP contribution is -2.19. The average Bonchev–Trinajstić information content (AvgIpc) is 2.31. The van der Waals surface area contributed by atoms with Crippen LogP contribution in [0.25, 0.3) is 0 Å². The zero-order chi connectivity index (χ0) is 14.7. The standard InChI is InChI=1S/C14H30O4S/c1-3-10-13(15)11-8-6-5-7-9-12-14(4-2)19(16,17)18/h13-15H,3-12H2,1-2H3,(H,16,17,18). The molecule has 0 heterocycles. The second-order valence-corrected chi connectivity index (χ2v) is 7.03. The van der Waals surface area contributed by atoms with Crippen molar-refractivity contribution in [3.8, 4) is 0 Å². The first-order valence-electron chi connectivity index (χ1n) is 7.56. The number of unbranched alkanes of at least 4 members (excludes halogenated alkanes) is 4. The van der Waals surface area contributed by atoms with Crippen molar-refractivity contribution in [1.29, 1.82) is 0 Å². The van der Waals surface area contributed by atoms with Crippen LogP contribution in [0.3, 0.4) is 0 Å². The quantitative estimate of drug-likeness (QED) is 0.426. The molecule has 2 unspecified atom stereocenters. The Balaban J connectivity index is 3.50. The molecule has 0 aromatic carbocycles. The zero-order valence-electron chi connectivity index (χ0n) is 12.3. The van der Waals surface area contributed by atoms with E-state index in [0.717, 1.165) is 51.4 Å². The molecular weight excluding hydrogens is 264 g/mol. The van der Waals surface area contributed by atoms with Crippen LogP contribution in [0, 0.1) is 0 Å². The zero-order valence-corrected chi connectivity index (χ0v) is 13.2. The third-order valence-corrected chi connectivity index (χ3v) is 4.97. The monoisotopic (exact) mass is 294 g/mol. The first-order valence-corrected chi connectivity index (χ1v) is 9.06. The Morgan fingerprint density at radius 3 is 1.89 bits per heavy atom. The number of hydrogen-bond donors (Lipinski definition) is 2. The maximum absolute atomic E-state index is 11.0. The minimum Gasteiger partial charge on any atom is -0.393 e. The normalized spacial score (nSPS) is 15.4. The summed E-state index contributed by atoms with van der Waals surface area (Å²) < 4.78 is 31.0. The van der Waals surface area contributed by atoms with Gasteiger partial charge in [-0.25, -0.2) is 0 Å². The summed E-state index contributed by atoms with van der Waals surface area (Å²) >= 11 is 0. The molecule has 5 heteroatoms. The van der Waals surface area contributed by atoms with E-state index in [1.54, 1.807) is 6.92 Å². The lowest BCUT2D eigenvalue weighted by atomic mass is 10.0. The summed E-state index contributed by atoms with van der Waals surface area (Å²) in [6, 6.07) is 0. The smallest absolute Gasteiger partial charge is 0.267 e. The van der Waals surface area contributed by atoms with Gasteiger partial charge >= 0.3 is 0 Å². The average molecular weight is 294 g/mol. The van der Waals surface area contributed by atoms with Gasteiger partial charge in [0.25, 0.3) is 10.1 Å². The largest absolute Gasteiger partial charge is 0.393 e. The summed E-state index contributed by atoms with van der Waals surface area (Å²) in [5.41, 5.74) is 0. The highest BCUT2D eigenvalue weighted by atomic mass is 32.2. The van der Waals surface area contributed by atoms with Crippen molar-refractivity contribution in [2.24, 2.45) is 0 Å². The number of aliphatic hydroxyl groups excluding tert-OH is 1. The van der Waals surface area contributed by atoms with Crippen LogP contribution in [-0.4, -0.2) is 29.4 Å². The Kier molecular flexibility index (Phi) is 10.6. The SMILES string of the molecule is CCCC(O)CCCCCCCC(CC)S(=O)(=O)O. The molecule has 0 saturated heterocycles. The van der Waals surface area contributed by atoms with E-state index in [0.29, 0.717) is 12.8 Å². The van der Waals surface area contributed by atoms with Crippen molar-refractivity contribution in [2.45, 2.75) is 89.4 Å². The van der Waals surface area contributed by atoms with Gasteiger partial charge < -0.3 is 5.11 Å². The summed E-state index contributed by atoms with van der Waals surface area (Å²) in [5, 5.41) is 8.95. The minimum absolute atomic E-state index is 0.158. The maximum Gasteiger partial charge on any atom is 0.267 e. The van der Waals surface area contributed by atoms with Crippen LogP contribution in [-0.2, 0) is 10.1 Å². The molecule has 0 aromatic rings. The van der Waals surface area contributed by atoms with Gasteiger partial charge in [-0.3, -0.25) is 4.55 Å². The Labute approximate surface area is 118 Å². The molecule has 0 bridgehead atoms. The fourth-order valence-corrected chi connectivity index (χ4v) is 3.21. The van der Waals surface area contributed by atoms with E-state index in [4.69, 9.17) is 4.55 Å². The molecule has 0 fully saturated rings. The summed E-state index contributed by atoms with van der Waals surface area (Å²) in [4.78, 5) is 0. The molecule has 0 rings (SSSR count). The van der Waals surface area contributed by atoms with Crippen LogP contribution in [0.1, 0.15) is 78.1 Å². The molecule has 116 valence electrons. The minimum atomic E-state index is -3.86. The van der Waals surface area contributed by atoms with Crippen molar-refractivity contribution in [3.05, 3.63) is 0 Å². The van der Waals surface area contributed by atoms with E-state index >= 15 is 0 Å². The second kappa shape index (κ2) is 10.6. The summed E-state index contributed by atoms with van der Waals surface area (Å²) in [7, 11) is -3.86.